The highest BCUT2D eigenvalue weighted by atomic mass is 32.1. The summed E-state index contributed by atoms with van der Waals surface area (Å²) in [4.78, 5) is 12.0. The molecule has 4 N–H and O–H groups in total. The van der Waals surface area contributed by atoms with Crippen molar-refractivity contribution in [2.75, 3.05) is 0 Å². The molecule has 0 spiro atoms. The number of alkyl carbamates (subject to hydrolysis) is 1. The fourth-order valence-corrected chi connectivity index (χ4v) is 1.93. The van der Waals surface area contributed by atoms with Gasteiger partial charge in [0, 0.05) is 0 Å². The van der Waals surface area contributed by atoms with Crippen molar-refractivity contribution in [2.24, 2.45) is 10.8 Å². The molecule has 0 heterocycles. The molecule has 0 bridgehead atoms. The van der Waals surface area contributed by atoms with Gasteiger partial charge in [0.05, 0.1) is 11.8 Å². The zero-order valence-corrected chi connectivity index (χ0v) is 14.7. The lowest BCUT2D eigenvalue weighted by molar-refractivity contribution is 0.0517. The van der Waals surface area contributed by atoms with Gasteiger partial charge in [-0.3, -0.25) is 5.43 Å². The molecular weight excluding hydrogens is 312 g/mol. The quantitative estimate of drug-likeness (QED) is 0.437. The lowest BCUT2D eigenvalue weighted by Gasteiger charge is -2.24. The minimum Gasteiger partial charge on any atom is -0.444 e. The average molecular weight is 336 g/mol. The fourth-order valence-electron chi connectivity index (χ4n) is 1.88. The molecule has 1 aromatic carbocycles. The Kier molecular flexibility index (Phi) is 6.96. The first-order valence-corrected chi connectivity index (χ1v) is 7.81. The van der Waals surface area contributed by atoms with Crippen molar-refractivity contribution in [1.82, 2.24) is 10.7 Å². The van der Waals surface area contributed by atoms with Crippen LogP contribution in [0, 0.1) is 0 Å². The summed E-state index contributed by atoms with van der Waals surface area (Å²) in [5, 5.41) is 7.13. The molecule has 1 rings (SSSR count). The molecule has 6 nitrogen and oxygen atoms in total. The molecule has 0 saturated carbocycles. The van der Waals surface area contributed by atoms with E-state index in [1.165, 1.54) is 0 Å². The Hall–Kier alpha value is -2.15. The number of amides is 1. The van der Waals surface area contributed by atoms with Gasteiger partial charge in [0.25, 0.3) is 0 Å². The molecule has 0 radical (unpaired) electrons. The lowest BCUT2D eigenvalue weighted by atomic mass is 10.0. The van der Waals surface area contributed by atoms with Gasteiger partial charge >= 0.3 is 6.09 Å². The standard InChI is InChI=1S/C16H24N4O2S/c1-5-12(18-15(21)22-16(2,3)4)13(19-20-14(17)23)11-9-7-6-8-10-11/h6-10,12H,5H2,1-4H3,(H,18,21)(H3,17,20,23). The maximum Gasteiger partial charge on any atom is 0.408 e. The Bertz CT molecular complexity index is 567. The Balaban J connectivity index is 3.00. The van der Waals surface area contributed by atoms with Crippen LogP contribution in [0.4, 0.5) is 4.79 Å². The summed E-state index contributed by atoms with van der Waals surface area (Å²) in [5.41, 5.74) is 8.96. The van der Waals surface area contributed by atoms with Crippen LogP contribution in [-0.4, -0.2) is 28.6 Å². The van der Waals surface area contributed by atoms with E-state index in [0.29, 0.717) is 12.1 Å². The minimum absolute atomic E-state index is 0.0607. The van der Waals surface area contributed by atoms with Gasteiger partial charge in [0.2, 0.25) is 0 Å². The molecule has 7 heteroatoms. The third-order valence-corrected chi connectivity index (χ3v) is 2.88. The predicted octanol–water partition coefficient (Wildman–Crippen LogP) is 2.53. The molecule has 126 valence electrons. The van der Waals surface area contributed by atoms with Crippen LogP contribution in [0.5, 0.6) is 0 Å². The van der Waals surface area contributed by atoms with Crippen LogP contribution in [0.2, 0.25) is 0 Å². The Morgan fingerprint density at radius 3 is 2.43 bits per heavy atom. The zero-order chi connectivity index (χ0) is 17.5. The van der Waals surface area contributed by atoms with Crippen molar-refractivity contribution < 1.29 is 9.53 Å². The number of nitrogens with one attached hydrogen (secondary N) is 2. The van der Waals surface area contributed by atoms with E-state index in [1.54, 1.807) is 0 Å². The van der Waals surface area contributed by atoms with E-state index in [4.69, 9.17) is 22.7 Å². The molecule has 1 amide bonds. The van der Waals surface area contributed by atoms with E-state index in [2.05, 4.69) is 15.8 Å². The summed E-state index contributed by atoms with van der Waals surface area (Å²) in [6.07, 6.45) is 0.134. The van der Waals surface area contributed by atoms with Crippen molar-refractivity contribution >= 4 is 29.1 Å². The van der Waals surface area contributed by atoms with Gasteiger partial charge in [-0.1, -0.05) is 37.3 Å². The molecule has 0 saturated heterocycles. The summed E-state index contributed by atoms with van der Waals surface area (Å²) >= 11 is 4.79. The average Bonchev–Trinajstić information content (AvgIpc) is 2.45. The van der Waals surface area contributed by atoms with Crippen molar-refractivity contribution in [3.05, 3.63) is 35.9 Å². The number of carbonyl (C=O) groups is 1. The number of hydrazone groups is 1. The summed E-state index contributed by atoms with van der Waals surface area (Å²) in [7, 11) is 0. The largest absolute Gasteiger partial charge is 0.444 e. The van der Waals surface area contributed by atoms with E-state index in [9.17, 15) is 4.79 Å². The van der Waals surface area contributed by atoms with E-state index < -0.39 is 11.7 Å². The van der Waals surface area contributed by atoms with Crippen molar-refractivity contribution in [3.8, 4) is 0 Å². The molecule has 1 aromatic rings. The van der Waals surface area contributed by atoms with E-state index in [0.717, 1.165) is 5.56 Å². The topological polar surface area (TPSA) is 88.7 Å². The van der Waals surface area contributed by atoms with Crippen LogP contribution < -0.4 is 16.5 Å². The SMILES string of the molecule is CCC(NC(=O)OC(C)(C)C)C(=NNC(N)=S)c1ccccc1. The Labute approximate surface area is 142 Å². The van der Waals surface area contributed by atoms with Gasteiger partial charge in [-0.05, 0) is 45.0 Å². The maximum atomic E-state index is 12.0. The second-order valence-electron chi connectivity index (χ2n) is 5.95. The number of hydrogen-bond acceptors (Lipinski definition) is 4. The third-order valence-electron chi connectivity index (χ3n) is 2.79. The summed E-state index contributed by atoms with van der Waals surface area (Å²) < 4.78 is 5.31. The summed E-state index contributed by atoms with van der Waals surface area (Å²) in [5.74, 6) is 0. The molecule has 1 unspecified atom stereocenters. The number of benzene rings is 1. The number of rotatable bonds is 5. The van der Waals surface area contributed by atoms with Crippen LogP contribution in [0.3, 0.4) is 0 Å². The highest BCUT2D eigenvalue weighted by Gasteiger charge is 2.22. The third kappa shape index (κ3) is 7.10. The molecule has 23 heavy (non-hydrogen) atoms. The number of thiocarbonyl (C=S) groups is 1. The highest BCUT2D eigenvalue weighted by Crippen LogP contribution is 2.10. The minimum atomic E-state index is -0.566. The van der Waals surface area contributed by atoms with Gasteiger partial charge < -0.3 is 15.8 Å². The van der Waals surface area contributed by atoms with Gasteiger partial charge in [-0.25, -0.2) is 4.79 Å². The highest BCUT2D eigenvalue weighted by molar-refractivity contribution is 7.80. The number of carbonyl (C=O) groups excluding carboxylic acids is 1. The van der Waals surface area contributed by atoms with Crippen LogP contribution in [0.25, 0.3) is 0 Å². The van der Waals surface area contributed by atoms with Crippen molar-refractivity contribution in [1.29, 1.82) is 0 Å². The predicted molar refractivity (Wildman–Crippen MR) is 96.3 cm³/mol. The number of ether oxygens (including phenoxy) is 1. The molecule has 0 aliphatic carbocycles. The monoisotopic (exact) mass is 336 g/mol. The fraction of sp³-hybridized carbons (Fsp3) is 0.438. The zero-order valence-electron chi connectivity index (χ0n) is 13.9. The van der Waals surface area contributed by atoms with Crippen LogP contribution >= 0.6 is 12.2 Å². The van der Waals surface area contributed by atoms with E-state index >= 15 is 0 Å². The molecule has 1 atom stereocenters. The van der Waals surface area contributed by atoms with Crippen molar-refractivity contribution in [3.63, 3.8) is 0 Å². The number of nitrogens with two attached hydrogens (primary N) is 1. The molecule has 0 aliphatic heterocycles. The summed E-state index contributed by atoms with van der Waals surface area (Å²) in [6, 6.07) is 9.16. The summed E-state index contributed by atoms with van der Waals surface area (Å²) in [6.45, 7) is 7.39. The smallest absolute Gasteiger partial charge is 0.408 e. The molecule has 0 fully saturated rings. The Morgan fingerprint density at radius 2 is 1.96 bits per heavy atom. The molecular formula is C16H24N4O2S. The second-order valence-corrected chi connectivity index (χ2v) is 6.39. The van der Waals surface area contributed by atoms with E-state index in [1.807, 2.05) is 58.0 Å². The van der Waals surface area contributed by atoms with Gasteiger partial charge in [0.15, 0.2) is 5.11 Å². The van der Waals surface area contributed by atoms with Crippen LogP contribution in [0.15, 0.2) is 35.4 Å². The number of hydrogen-bond donors (Lipinski definition) is 3. The molecule has 0 aromatic heterocycles. The van der Waals surface area contributed by atoms with Crippen LogP contribution in [0.1, 0.15) is 39.7 Å². The van der Waals surface area contributed by atoms with Gasteiger partial charge in [-0.15, -0.1) is 0 Å². The van der Waals surface area contributed by atoms with Crippen LogP contribution in [-0.2, 0) is 4.74 Å². The first-order chi connectivity index (χ1) is 10.7. The first kappa shape index (κ1) is 18.9. The number of nitrogens with zero attached hydrogens (tertiary/aromatic N) is 1. The van der Waals surface area contributed by atoms with Crippen molar-refractivity contribution in [2.45, 2.75) is 45.8 Å². The maximum absolute atomic E-state index is 12.0. The second kappa shape index (κ2) is 8.47. The normalized spacial score (nSPS) is 13.1. The van der Waals surface area contributed by atoms with Gasteiger partial charge in [-0.2, -0.15) is 5.10 Å². The van der Waals surface area contributed by atoms with Gasteiger partial charge in [0.1, 0.15) is 5.60 Å². The van der Waals surface area contributed by atoms with E-state index in [-0.39, 0.29) is 11.2 Å². The Morgan fingerprint density at radius 1 is 1.35 bits per heavy atom. The molecule has 0 aliphatic rings. The first-order valence-electron chi connectivity index (χ1n) is 7.41. The lowest BCUT2D eigenvalue weighted by Crippen LogP contribution is -2.44.